The Balaban J connectivity index is 1.42. The molecule has 1 unspecified atom stereocenters. The molecule has 1 aromatic heterocycles. The maximum Gasteiger partial charge on any atom is 0.416 e. The summed E-state index contributed by atoms with van der Waals surface area (Å²) in [6.45, 7) is 8.30. The van der Waals surface area contributed by atoms with Gasteiger partial charge in [0.05, 0.1) is 17.6 Å². The Kier molecular flexibility index (Phi) is 7.41. The van der Waals surface area contributed by atoms with Crippen molar-refractivity contribution in [2.45, 2.75) is 64.3 Å². The Morgan fingerprint density at radius 1 is 1.17 bits per heavy atom. The molecule has 2 amide bonds. The zero-order chi connectivity index (χ0) is 26.1. The van der Waals surface area contributed by atoms with E-state index in [2.05, 4.69) is 10.3 Å². The first kappa shape index (κ1) is 26.5. The molecule has 11 heteroatoms. The number of carbonyl (C=O) groups is 2. The summed E-state index contributed by atoms with van der Waals surface area (Å²) in [7, 11) is 0. The lowest BCUT2D eigenvalue weighted by Gasteiger charge is -2.42. The maximum absolute atomic E-state index is 13.9. The fraction of sp³-hybridized carbons (Fsp3) is 0.720. The number of carbonyl (C=O) groups excluding carboxylic acids is 2. The number of amides is 2. The van der Waals surface area contributed by atoms with Gasteiger partial charge in [0, 0.05) is 44.5 Å². The van der Waals surface area contributed by atoms with Crippen LogP contribution in [0.4, 0.5) is 23.8 Å². The van der Waals surface area contributed by atoms with Crippen LogP contribution in [0.15, 0.2) is 18.3 Å². The molecular formula is C25H35F3N4O4. The van der Waals surface area contributed by atoms with Gasteiger partial charge >= 0.3 is 12.3 Å². The molecule has 2 aliphatic heterocycles. The van der Waals surface area contributed by atoms with E-state index < -0.39 is 28.8 Å². The molecule has 0 aromatic carbocycles. The van der Waals surface area contributed by atoms with E-state index in [0.29, 0.717) is 58.7 Å². The number of alkyl halides is 3. The molecule has 0 spiro atoms. The number of hydrogen-bond donors (Lipinski definition) is 1. The molecule has 4 rings (SSSR count). The molecule has 2 saturated heterocycles. The van der Waals surface area contributed by atoms with Gasteiger partial charge in [0.25, 0.3) is 0 Å². The standard InChI is InChI=1S/C25H35F3N4O4/c1-23(2,3)30-22(34)36-19-4-7-24(15-19,18-6-13-35-16-18)21(33)32-11-9-31(10-12-32)20-14-17(5-8-29-20)25(26,27)28/h5,8,14,18-19H,4,6-7,9-13,15-16H2,1-3H3,(H,30,34)/t18-,19-,24?/m1/s1. The van der Waals surface area contributed by atoms with Crippen LogP contribution in [0.3, 0.4) is 0 Å². The normalized spacial score (nSPS) is 27.3. The number of nitrogens with one attached hydrogen (secondary N) is 1. The van der Waals surface area contributed by atoms with Gasteiger partial charge in [-0.15, -0.1) is 0 Å². The van der Waals surface area contributed by atoms with E-state index in [1.54, 1.807) is 9.80 Å². The van der Waals surface area contributed by atoms with Crippen LogP contribution in [0.1, 0.15) is 52.0 Å². The van der Waals surface area contributed by atoms with Crippen molar-refractivity contribution in [3.8, 4) is 0 Å². The molecule has 1 aromatic rings. The number of rotatable bonds is 4. The minimum atomic E-state index is -4.43. The zero-order valence-corrected chi connectivity index (χ0v) is 21.1. The molecule has 8 nitrogen and oxygen atoms in total. The lowest BCUT2D eigenvalue weighted by Crippen LogP contribution is -2.55. The Labute approximate surface area is 209 Å². The zero-order valence-electron chi connectivity index (χ0n) is 21.1. The van der Waals surface area contributed by atoms with Gasteiger partial charge in [-0.3, -0.25) is 4.79 Å². The molecule has 36 heavy (non-hydrogen) atoms. The topological polar surface area (TPSA) is 84.0 Å². The van der Waals surface area contributed by atoms with E-state index in [1.165, 1.54) is 6.20 Å². The van der Waals surface area contributed by atoms with Crippen LogP contribution in [-0.2, 0) is 20.4 Å². The predicted octanol–water partition coefficient (Wildman–Crippen LogP) is 3.85. The van der Waals surface area contributed by atoms with Gasteiger partial charge < -0.3 is 24.6 Å². The van der Waals surface area contributed by atoms with Gasteiger partial charge in [-0.1, -0.05) is 0 Å². The highest BCUT2D eigenvalue weighted by atomic mass is 19.4. The van der Waals surface area contributed by atoms with Gasteiger partial charge in [-0.2, -0.15) is 13.2 Å². The third-order valence-corrected chi connectivity index (χ3v) is 7.36. The second-order valence-electron chi connectivity index (χ2n) is 11.0. The highest BCUT2D eigenvalue weighted by Gasteiger charge is 2.54. The van der Waals surface area contributed by atoms with Gasteiger partial charge in [-0.05, 0) is 64.5 Å². The number of anilines is 1. The Morgan fingerprint density at radius 3 is 2.50 bits per heavy atom. The first-order chi connectivity index (χ1) is 16.9. The van der Waals surface area contributed by atoms with Crippen molar-refractivity contribution in [3.63, 3.8) is 0 Å². The van der Waals surface area contributed by atoms with Gasteiger partial charge in [0.2, 0.25) is 5.91 Å². The molecule has 0 bridgehead atoms. The van der Waals surface area contributed by atoms with Crippen molar-refractivity contribution in [1.29, 1.82) is 0 Å². The molecular weight excluding hydrogens is 477 g/mol. The SMILES string of the molecule is CC(C)(C)NC(=O)O[C@@H]1CCC(C(=O)N2CCN(c3cc(C(F)(F)F)ccn3)CC2)([C@@H]2CCOC2)C1. The quantitative estimate of drug-likeness (QED) is 0.660. The van der Waals surface area contributed by atoms with Gasteiger partial charge in [0.15, 0.2) is 0 Å². The fourth-order valence-corrected chi connectivity index (χ4v) is 5.55. The molecule has 1 aliphatic carbocycles. The number of aromatic nitrogens is 1. The smallest absolute Gasteiger partial charge is 0.416 e. The first-order valence-corrected chi connectivity index (χ1v) is 12.5. The second-order valence-corrected chi connectivity index (χ2v) is 11.0. The Hall–Kier alpha value is -2.56. The molecule has 0 radical (unpaired) electrons. The van der Waals surface area contributed by atoms with Crippen LogP contribution in [0.25, 0.3) is 0 Å². The van der Waals surface area contributed by atoms with Crippen molar-refractivity contribution < 1.29 is 32.2 Å². The molecule has 1 N–H and O–H groups in total. The van der Waals surface area contributed by atoms with Crippen molar-refractivity contribution >= 4 is 17.8 Å². The molecule has 3 aliphatic rings. The van der Waals surface area contributed by atoms with Crippen LogP contribution in [-0.4, -0.2) is 72.9 Å². The van der Waals surface area contributed by atoms with E-state index in [-0.39, 0.29) is 23.7 Å². The lowest BCUT2D eigenvalue weighted by molar-refractivity contribution is -0.146. The number of pyridine rings is 1. The van der Waals surface area contributed by atoms with E-state index in [1.807, 2.05) is 20.8 Å². The van der Waals surface area contributed by atoms with Gasteiger partial charge in [-0.25, -0.2) is 9.78 Å². The fourth-order valence-electron chi connectivity index (χ4n) is 5.55. The summed E-state index contributed by atoms with van der Waals surface area (Å²) in [6, 6.07) is 2.01. The number of nitrogens with zero attached hydrogens (tertiary/aromatic N) is 3. The van der Waals surface area contributed by atoms with E-state index in [4.69, 9.17) is 9.47 Å². The largest absolute Gasteiger partial charge is 0.446 e. The van der Waals surface area contributed by atoms with Crippen molar-refractivity contribution in [3.05, 3.63) is 23.9 Å². The Bertz CT molecular complexity index is 953. The van der Waals surface area contributed by atoms with Gasteiger partial charge in [0.1, 0.15) is 11.9 Å². The van der Waals surface area contributed by atoms with Crippen LogP contribution >= 0.6 is 0 Å². The summed E-state index contributed by atoms with van der Waals surface area (Å²) in [5.41, 5.74) is -1.82. The summed E-state index contributed by atoms with van der Waals surface area (Å²) in [5, 5.41) is 2.81. The average molecular weight is 513 g/mol. The molecule has 3 heterocycles. The third-order valence-electron chi connectivity index (χ3n) is 7.36. The van der Waals surface area contributed by atoms with Crippen molar-refractivity contribution in [1.82, 2.24) is 15.2 Å². The Morgan fingerprint density at radius 2 is 1.89 bits per heavy atom. The monoisotopic (exact) mass is 512 g/mol. The summed E-state index contributed by atoms with van der Waals surface area (Å²) in [5.74, 6) is 0.333. The molecule has 3 atom stereocenters. The maximum atomic E-state index is 13.9. The number of alkyl carbamates (subject to hydrolysis) is 1. The summed E-state index contributed by atoms with van der Waals surface area (Å²) < 4.78 is 50.7. The molecule has 3 fully saturated rings. The van der Waals surface area contributed by atoms with Crippen molar-refractivity contribution in [2.75, 3.05) is 44.3 Å². The predicted molar refractivity (Wildman–Crippen MR) is 126 cm³/mol. The van der Waals surface area contributed by atoms with Crippen LogP contribution in [0, 0.1) is 11.3 Å². The first-order valence-electron chi connectivity index (χ1n) is 12.5. The van der Waals surface area contributed by atoms with Crippen LogP contribution < -0.4 is 10.2 Å². The summed E-state index contributed by atoms with van der Waals surface area (Å²) in [4.78, 5) is 34.0. The minimum absolute atomic E-state index is 0.0250. The number of ether oxygens (including phenoxy) is 2. The summed E-state index contributed by atoms with van der Waals surface area (Å²) >= 11 is 0. The van der Waals surface area contributed by atoms with Crippen molar-refractivity contribution in [2.24, 2.45) is 11.3 Å². The van der Waals surface area contributed by atoms with Crippen LogP contribution in [0.2, 0.25) is 0 Å². The highest BCUT2D eigenvalue weighted by Crippen LogP contribution is 2.50. The summed E-state index contributed by atoms with van der Waals surface area (Å²) in [6.07, 6.45) is -1.66. The third kappa shape index (κ3) is 5.87. The van der Waals surface area contributed by atoms with E-state index >= 15 is 0 Å². The molecule has 1 saturated carbocycles. The van der Waals surface area contributed by atoms with E-state index in [0.717, 1.165) is 18.6 Å². The van der Waals surface area contributed by atoms with E-state index in [9.17, 15) is 22.8 Å². The average Bonchev–Trinajstić information content (AvgIpc) is 3.48. The number of piperazine rings is 1. The minimum Gasteiger partial charge on any atom is -0.446 e. The number of halogens is 3. The molecule has 200 valence electrons. The van der Waals surface area contributed by atoms with Crippen LogP contribution in [0.5, 0.6) is 0 Å². The lowest BCUT2D eigenvalue weighted by atomic mass is 9.72. The highest BCUT2D eigenvalue weighted by molar-refractivity contribution is 5.84. The second kappa shape index (κ2) is 10.1. The number of hydrogen-bond acceptors (Lipinski definition) is 6.